The summed E-state index contributed by atoms with van der Waals surface area (Å²) < 4.78 is 0.280. The zero-order chi connectivity index (χ0) is 10.6. The average Bonchev–Trinajstić information content (AvgIpc) is 2.14. The van der Waals surface area contributed by atoms with Crippen LogP contribution in [-0.2, 0) is 12.4 Å². The van der Waals surface area contributed by atoms with Gasteiger partial charge in [0.15, 0.2) is 0 Å². The highest BCUT2D eigenvalue weighted by Crippen LogP contribution is 2.28. The predicted molar refractivity (Wildman–Crippen MR) is 63.4 cm³/mol. The zero-order valence-corrected chi connectivity index (χ0v) is 9.90. The molecule has 0 atom stereocenters. The van der Waals surface area contributed by atoms with Crippen molar-refractivity contribution in [2.24, 2.45) is 0 Å². The minimum absolute atomic E-state index is 0.140. The Morgan fingerprint density at radius 3 is 2.21 bits per heavy atom. The van der Waals surface area contributed by atoms with Crippen molar-refractivity contribution < 1.29 is 5.11 Å². The summed E-state index contributed by atoms with van der Waals surface area (Å²) in [7, 11) is 0. The lowest BCUT2D eigenvalue weighted by Gasteiger charge is -2.18. The molecular formula is C12H18OS. The Balaban J connectivity index is 2.67. The van der Waals surface area contributed by atoms with Crippen molar-refractivity contribution in [2.75, 3.05) is 0 Å². The summed E-state index contributed by atoms with van der Waals surface area (Å²) in [6.45, 7) is 6.76. The van der Waals surface area contributed by atoms with Crippen LogP contribution in [0.5, 0.6) is 0 Å². The SMILES string of the molecule is CC(C)(C)SCc1ccccc1CO. The van der Waals surface area contributed by atoms with Crippen LogP contribution in [0.3, 0.4) is 0 Å². The van der Waals surface area contributed by atoms with Gasteiger partial charge in [-0.1, -0.05) is 45.0 Å². The first-order valence-electron chi connectivity index (χ1n) is 4.84. The molecule has 0 unspecified atom stereocenters. The summed E-state index contributed by atoms with van der Waals surface area (Å²) in [6.07, 6.45) is 0. The molecule has 0 bridgehead atoms. The standard InChI is InChI=1S/C12H18OS/c1-12(2,3)14-9-11-7-5-4-6-10(11)8-13/h4-7,13H,8-9H2,1-3H3. The van der Waals surface area contributed by atoms with E-state index in [1.807, 2.05) is 30.0 Å². The highest BCUT2D eigenvalue weighted by atomic mass is 32.2. The molecule has 0 aliphatic rings. The number of benzene rings is 1. The Hall–Kier alpha value is -0.470. The first kappa shape index (κ1) is 11.6. The Morgan fingerprint density at radius 2 is 1.71 bits per heavy atom. The number of hydrogen-bond acceptors (Lipinski definition) is 2. The average molecular weight is 210 g/mol. The van der Waals surface area contributed by atoms with Crippen molar-refractivity contribution in [3.05, 3.63) is 35.4 Å². The molecule has 2 heteroatoms. The van der Waals surface area contributed by atoms with Crippen molar-refractivity contribution in [3.63, 3.8) is 0 Å². The van der Waals surface area contributed by atoms with Crippen LogP contribution in [0, 0.1) is 0 Å². The fourth-order valence-corrected chi connectivity index (χ4v) is 2.02. The van der Waals surface area contributed by atoms with Crippen LogP contribution in [0.15, 0.2) is 24.3 Å². The van der Waals surface area contributed by atoms with Gasteiger partial charge in [-0.2, -0.15) is 11.8 Å². The van der Waals surface area contributed by atoms with E-state index >= 15 is 0 Å². The van der Waals surface area contributed by atoms with Gasteiger partial charge in [0.25, 0.3) is 0 Å². The molecule has 0 radical (unpaired) electrons. The smallest absolute Gasteiger partial charge is 0.0684 e. The molecule has 0 aromatic heterocycles. The third-order valence-electron chi connectivity index (χ3n) is 1.95. The quantitative estimate of drug-likeness (QED) is 0.826. The van der Waals surface area contributed by atoms with Crippen LogP contribution in [-0.4, -0.2) is 9.85 Å². The monoisotopic (exact) mass is 210 g/mol. The summed E-state index contributed by atoms with van der Waals surface area (Å²) in [5, 5.41) is 9.14. The molecule has 1 rings (SSSR count). The van der Waals surface area contributed by atoms with Crippen molar-refractivity contribution >= 4 is 11.8 Å². The van der Waals surface area contributed by atoms with Gasteiger partial charge in [0.1, 0.15) is 0 Å². The van der Waals surface area contributed by atoms with Crippen molar-refractivity contribution in [1.82, 2.24) is 0 Å². The highest BCUT2D eigenvalue weighted by Gasteiger charge is 2.11. The first-order chi connectivity index (χ1) is 6.53. The fraction of sp³-hybridized carbons (Fsp3) is 0.500. The van der Waals surface area contributed by atoms with E-state index in [2.05, 4.69) is 26.8 Å². The minimum Gasteiger partial charge on any atom is -0.392 e. The molecule has 0 amide bonds. The molecule has 1 N–H and O–H groups in total. The molecule has 0 aliphatic heterocycles. The molecule has 1 nitrogen and oxygen atoms in total. The summed E-state index contributed by atoms with van der Waals surface area (Å²) in [5.41, 5.74) is 2.29. The second-order valence-electron chi connectivity index (χ2n) is 4.33. The summed E-state index contributed by atoms with van der Waals surface area (Å²) in [5.74, 6) is 0.972. The van der Waals surface area contributed by atoms with Gasteiger partial charge in [0, 0.05) is 10.5 Å². The van der Waals surface area contributed by atoms with Gasteiger partial charge < -0.3 is 5.11 Å². The van der Waals surface area contributed by atoms with Gasteiger partial charge in [0.05, 0.1) is 6.61 Å². The second-order valence-corrected chi connectivity index (χ2v) is 6.13. The topological polar surface area (TPSA) is 20.2 Å². The van der Waals surface area contributed by atoms with E-state index in [1.165, 1.54) is 5.56 Å². The molecule has 0 heterocycles. The van der Waals surface area contributed by atoms with E-state index in [-0.39, 0.29) is 11.4 Å². The molecule has 0 fully saturated rings. The molecule has 1 aromatic rings. The zero-order valence-electron chi connectivity index (χ0n) is 9.08. The number of hydrogen-bond donors (Lipinski definition) is 1. The summed E-state index contributed by atoms with van der Waals surface area (Å²) in [4.78, 5) is 0. The maximum absolute atomic E-state index is 9.14. The van der Waals surface area contributed by atoms with E-state index in [0.29, 0.717) is 0 Å². The summed E-state index contributed by atoms with van der Waals surface area (Å²) in [6, 6.07) is 8.07. The summed E-state index contributed by atoms with van der Waals surface area (Å²) >= 11 is 1.91. The van der Waals surface area contributed by atoms with E-state index in [4.69, 9.17) is 5.11 Å². The first-order valence-corrected chi connectivity index (χ1v) is 5.83. The maximum Gasteiger partial charge on any atom is 0.0684 e. The number of rotatable bonds is 3. The Labute approximate surface area is 90.5 Å². The van der Waals surface area contributed by atoms with Gasteiger partial charge in [-0.25, -0.2) is 0 Å². The van der Waals surface area contributed by atoms with Gasteiger partial charge in [-0.05, 0) is 11.1 Å². The van der Waals surface area contributed by atoms with Crippen LogP contribution in [0.4, 0.5) is 0 Å². The molecule has 14 heavy (non-hydrogen) atoms. The number of thioether (sulfide) groups is 1. The van der Waals surface area contributed by atoms with E-state index in [9.17, 15) is 0 Å². The van der Waals surface area contributed by atoms with Gasteiger partial charge in [-0.15, -0.1) is 0 Å². The highest BCUT2D eigenvalue weighted by molar-refractivity contribution is 7.99. The maximum atomic E-state index is 9.14. The lowest BCUT2D eigenvalue weighted by Crippen LogP contribution is -2.08. The van der Waals surface area contributed by atoms with E-state index < -0.39 is 0 Å². The Morgan fingerprint density at radius 1 is 1.14 bits per heavy atom. The predicted octanol–water partition coefficient (Wildman–Crippen LogP) is 3.21. The normalized spacial score (nSPS) is 11.7. The van der Waals surface area contributed by atoms with Gasteiger partial charge >= 0.3 is 0 Å². The number of aliphatic hydroxyl groups excluding tert-OH is 1. The van der Waals surface area contributed by atoms with Crippen LogP contribution in [0.2, 0.25) is 0 Å². The minimum atomic E-state index is 0.140. The lowest BCUT2D eigenvalue weighted by atomic mass is 10.1. The second kappa shape index (κ2) is 4.85. The van der Waals surface area contributed by atoms with Gasteiger partial charge in [0.2, 0.25) is 0 Å². The molecule has 0 spiro atoms. The third kappa shape index (κ3) is 3.72. The molecule has 78 valence electrons. The van der Waals surface area contributed by atoms with Crippen LogP contribution >= 0.6 is 11.8 Å². The molecule has 1 aromatic carbocycles. The van der Waals surface area contributed by atoms with Crippen LogP contribution < -0.4 is 0 Å². The molecular weight excluding hydrogens is 192 g/mol. The Bertz CT molecular complexity index is 289. The van der Waals surface area contributed by atoms with Crippen LogP contribution in [0.25, 0.3) is 0 Å². The Kier molecular flexibility index (Phi) is 4.02. The molecule has 0 aliphatic carbocycles. The molecule has 0 saturated heterocycles. The molecule has 0 saturated carbocycles. The van der Waals surface area contributed by atoms with E-state index in [1.54, 1.807) is 0 Å². The van der Waals surface area contributed by atoms with E-state index in [0.717, 1.165) is 11.3 Å². The largest absolute Gasteiger partial charge is 0.392 e. The van der Waals surface area contributed by atoms with Crippen LogP contribution in [0.1, 0.15) is 31.9 Å². The third-order valence-corrected chi connectivity index (χ3v) is 3.27. The van der Waals surface area contributed by atoms with Crippen molar-refractivity contribution in [1.29, 1.82) is 0 Å². The van der Waals surface area contributed by atoms with Gasteiger partial charge in [-0.3, -0.25) is 0 Å². The fourth-order valence-electron chi connectivity index (χ4n) is 1.15. The van der Waals surface area contributed by atoms with Crippen molar-refractivity contribution in [2.45, 2.75) is 37.9 Å². The lowest BCUT2D eigenvalue weighted by molar-refractivity contribution is 0.281. The number of aliphatic hydroxyl groups is 1. The van der Waals surface area contributed by atoms with Crippen molar-refractivity contribution in [3.8, 4) is 0 Å².